The van der Waals surface area contributed by atoms with Crippen LogP contribution in [0.25, 0.3) is 5.52 Å². The number of aliphatic hydroxyl groups is 2. The van der Waals surface area contributed by atoms with Gasteiger partial charge in [0.1, 0.15) is 23.7 Å². The molecule has 44 heavy (non-hydrogen) atoms. The van der Waals surface area contributed by atoms with E-state index in [9.17, 15) is 5.26 Å². The van der Waals surface area contributed by atoms with Crippen LogP contribution in [0.4, 0.5) is 5.82 Å². The van der Waals surface area contributed by atoms with E-state index in [2.05, 4.69) is 23.1 Å². The minimum absolute atomic E-state index is 0.279. The van der Waals surface area contributed by atoms with E-state index < -0.39 is 26.3 Å². The molecule has 3 heterocycles. The molecule has 0 aliphatic carbocycles. The number of ether oxygens (including phenoxy) is 2. The monoisotopic (exact) mass is 651 g/mol. The quantitative estimate of drug-likeness (QED) is 0.0910. The maximum atomic E-state index is 10.1. The molecule has 1 fully saturated rings. The Balaban J connectivity index is 0.000000978. The topological polar surface area (TPSA) is 167 Å². The molecule has 0 amide bonds. The van der Waals surface area contributed by atoms with Gasteiger partial charge in [0.15, 0.2) is 23.5 Å². The molecular weight excluding hydrogens is 609 g/mol. The smallest absolute Gasteiger partial charge is 0.399 e. The summed E-state index contributed by atoms with van der Waals surface area (Å²) >= 11 is 6.30. The van der Waals surface area contributed by atoms with Gasteiger partial charge in [0.05, 0.1) is 23.9 Å². The molecule has 1 saturated heterocycles. The molecule has 0 bridgehead atoms. The van der Waals surface area contributed by atoms with Crippen LogP contribution in [0.15, 0.2) is 42.7 Å². The maximum Gasteiger partial charge on any atom is 0.399 e. The zero-order valence-corrected chi connectivity index (χ0v) is 27.2. The molecule has 3 unspecified atom stereocenters. The summed E-state index contributed by atoms with van der Waals surface area (Å²) in [6.45, 7) is 6.19. The van der Waals surface area contributed by atoms with Crippen LogP contribution >= 0.6 is 20.2 Å². The Bertz CT molecular complexity index is 1330. The van der Waals surface area contributed by atoms with Crippen LogP contribution in [-0.2, 0) is 24.1 Å². The molecule has 2 aromatic heterocycles. The van der Waals surface area contributed by atoms with Crippen LogP contribution in [0.3, 0.4) is 0 Å². The summed E-state index contributed by atoms with van der Waals surface area (Å²) in [5.41, 5.74) is 5.85. The lowest BCUT2D eigenvalue weighted by molar-refractivity contribution is -0.127. The van der Waals surface area contributed by atoms with Gasteiger partial charge in [-0.15, -0.1) is 0 Å². The fourth-order valence-electron chi connectivity index (χ4n) is 4.35. The van der Waals surface area contributed by atoms with E-state index in [4.69, 9.17) is 50.6 Å². The van der Waals surface area contributed by atoms with E-state index in [-0.39, 0.29) is 6.61 Å². The molecule has 1 aliphatic heterocycles. The largest absolute Gasteiger partial charge is 0.425 e. The second-order valence-electron chi connectivity index (χ2n) is 10.7. The van der Waals surface area contributed by atoms with E-state index in [1.54, 1.807) is 28.8 Å². The minimum Gasteiger partial charge on any atom is -0.425 e. The first-order valence-electron chi connectivity index (χ1n) is 14.8. The zero-order chi connectivity index (χ0) is 32.0. The molecule has 3 atom stereocenters. The Kier molecular flexibility index (Phi) is 14.5. The van der Waals surface area contributed by atoms with Gasteiger partial charge in [-0.05, 0) is 44.5 Å². The minimum atomic E-state index is -1.89. The van der Waals surface area contributed by atoms with Gasteiger partial charge in [0.25, 0.3) is 0 Å². The first-order chi connectivity index (χ1) is 21.1. The summed E-state index contributed by atoms with van der Waals surface area (Å²) in [5, 5.41) is 31.0. The van der Waals surface area contributed by atoms with Crippen molar-refractivity contribution in [2.75, 3.05) is 25.6 Å². The van der Waals surface area contributed by atoms with Crippen molar-refractivity contribution in [3.05, 3.63) is 53.4 Å². The number of hydrogen-bond donors (Lipinski definition) is 3. The van der Waals surface area contributed by atoms with E-state index in [1.165, 1.54) is 52.3 Å². The van der Waals surface area contributed by atoms with Crippen molar-refractivity contribution in [3.63, 3.8) is 0 Å². The highest BCUT2D eigenvalue weighted by molar-refractivity contribution is 7.42. The van der Waals surface area contributed by atoms with Crippen molar-refractivity contribution in [1.29, 1.82) is 5.26 Å². The first-order valence-corrected chi connectivity index (χ1v) is 16.3. The van der Waals surface area contributed by atoms with Crippen molar-refractivity contribution in [3.8, 4) is 11.8 Å². The van der Waals surface area contributed by atoms with Crippen LogP contribution in [0.1, 0.15) is 77.8 Å². The molecule has 242 valence electrons. The lowest BCUT2D eigenvalue weighted by Gasteiger charge is -2.24. The average Bonchev–Trinajstić information content (AvgIpc) is 3.60. The first kappa shape index (κ1) is 35.9. The van der Waals surface area contributed by atoms with Gasteiger partial charge in [-0.2, -0.15) is 10.4 Å². The van der Waals surface area contributed by atoms with Gasteiger partial charge in [0.2, 0.25) is 0 Å². The normalized spacial score (nSPS) is 18.9. The molecule has 4 rings (SSSR count). The number of fused-ring (bicyclic) bond motifs is 1. The Morgan fingerprint density at radius 3 is 2.59 bits per heavy atom. The molecule has 0 spiro atoms. The number of unbranched alkanes of at least 4 members (excludes halogenated alkanes) is 5. The van der Waals surface area contributed by atoms with Crippen LogP contribution in [0.2, 0.25) is 5.02 Å². The predicted octanol–water partition coefficient (Wildman–Crippen LogP) is 6.24. The second kappa shape index (κ2) is 17.8. The average molecular weight is 652 g/mol. The lowest BCUT2D eigenvalue weighted by Crippen LogP contribution is -2.27. The highest BCUT2D eigenvalue weighted by atomic mass is 35.5. The molecule has 0 saturated carbocycles. The van der Waals surface area contributed by atoms with Crippen molar-refractivity contribution in [2.45, 2.75) is 89.8 Å². The number of aromatic nitrogens is 3. The summed E-state index contributed by atoms with van der Waals surface area (Å²) < 4.78 is 31.5. The van der Waals surface area contributed by atoms with Crippen LogP contribution in [0.5, 0.6) is 5.75 Å². The number of rotatable bonds is 16. The highest BCUT2D eigenvalue weighted by Gasteiger charge is 2.46. The Morgan fingerprint density at radius 1 is 1.14 bits per heavy atom. The molecule has 1 aliphatic rings. The SMILES string of the molecule is CC(C)(O)O.CCCCCCCCOCCOP(Oc1ccccc1Cl)OC1CCC(C#N)(c2ccc3c(N)ncnn23)O1. The Hall–Kier alpha value is -2.59. The summed E-state index contributed by atoms with van der Waals surface area (Å²) in [5.74, 6) is -0.744. The van der Waals surface area contributed by atoms with Gasteiger partial charge in [-0.3, -0.25) is 9.05 Å². The van der Waals surface area contributed by atoms with Crippen LogP contribution in [0, 0.1) is 11.3 Å². The standard InChI is InChI=1S/C27H35ClN5O5P.C3H8O2/c1-2-3-4-5-6-9-16-34-17-18-35-39(37-23-11-8-7-10-21(23)28)38-25-14-15-27(19-29,36-25)24-13-12-22-26(30)31-20-32-33(22)24;1-3(2,4)5/h7-8,10-13,20,25H,2-6,9,14-18H2,1H3,(H2,30,31,32);4-5H,1-2H3. The second-order valence-corrected chi connectivity index (χ2v) is 12.3. The molecule has 0 radical (unpaired) electrons. The van der Waals surface area contributed by atoms with Crippen molar-refractivity contribution in [2.24, 2.45) is 0 Å². The number of anilines is 1. The van der Waals surface area contributed by atoms with E-state index >= 15 is 0 Å². The van der Waals surface area contributed by atoms with Crippen molar-refractivity contribution < 1.29 is 33.3 Å². The van der Waals surface area contributed by atoms with Gasteiger partial charge in [0, 0.05) is 19.4 Å². The van der Waals surface area contributed by atoms with Gasteiger partial charge >= 0.3 is 8.60 Å². The number of benzene rings is 1. The van der Waals surface area contributed by atoms with Crippen molar-refractivity contribution in [1.82, 2.24) is 14.6 Å². The van der Waals surface area contributed by atoms with Crippen molar-refractivity contribution >= 4 is 31.5 Å². The third-order valence-corrected chi connectivity index (χ3v) is 7.88. The number of nitrogens with two attached hydrogens (primary N) is 1. The van der Waals surface area contributed by atoms with Gasteiger partial charge in [-0.25, -0.2) is 9.50 Å². The predicted molar refractivity (Wildman–Crippen MR) is 168 cm³/mol. The van der Waals surface area contributed by atoms with Crippen LogP contribution in [-0.4, -0.2) is 56.7 Å². The Morgan fingerprint density at radius 2 is 1.86 bits per heavy atom. The lowest BCUT2D eigenvalue weighted by atomic mass is 9.98. The molecular formula is C30H43ClN5O7P. The number of nitrogens with zero attached hydrogens (tertiary/aromatic N) is 4. The van der Waals surface area contributed by atoms with E-state index in [0.717, 1.165) is 6.42 Å². The molecule has 14 heteroatoms. The van der Waals surface area contributed by atoms with Gasteiger partial charge in [-0.1, -0.05) is 62.8 Å². The highest BCUT2D eigenvalue weighted by Crippen LogP contribution is 2.48. The fourth-order valence-corrected chi connectivity index (χ4v) is 5.62. The molecule has 12 nitrogen and oxygen atoms in total. The number of nitriles is 1. The van der Waals surface area contributed by atoms with E-state index in [1.807, 2.05) is 12.1 Å². The fraction of sp³-hybridized carbons (Fsp3) is 0.567. The number of hydrogen-bond acceptors (Lipinski definition) is 11. The maximum absolute atomic E-state index is 10.1. The summed E-state index contributed by atoms with van der Waals surface area (Å²) in [6, 6.07) is 12.9. The zero-order valence-electron chi connectivity index (χ0n) is 25.5. The third kappa shape index (κ3) is 11.4. The van der Waals surface area contributed by atoms with Crippen LogP contribution < -0.4 is 10.3 Å². The summed E-state index contributed by atoms with van der Waals surface area (Å²) in [6.07, 6.45) is 8.68. The number of halogens is 1. The van der Waals surface area contributed by atoms with Gasteiger partial charge < -0.3 is 29.9 Å². The number of para-hydroxylation sites is 1. The molecule has 1 aromatic carbocycles. The Labute approximate surface area is 265 Å². The summed E-state index contributed by atoms with van der Waals surface area (Å²) in [4.78, 5) is 4.01. The number of nitrogen functional groups attached to an aromatic ring is 1. The summed E-state index contributed by atoms with van der Waals surface area (Å²) in [7, 11) is -1.89. The van der Waals surface area contributed by atoms with E-state index in [0.29, 0.717) is 53.9 Å². The third-order valence-electron chi connectivity index (χ3n) is 6.42. The molecule has 4 N–H and O–H groups in total. The molecule has 3 aromatic rings.